The van der Waals surface area contributed by atoms with Gasteiger partial charge < -0.3 is 0 Å². The van der Waals surface area contributed by atoms with Crippen LogP contribution in [0.15, 0.2) is 102 Å². The smallest absolute Gasteiger partial charge is 0.259 e. The third-order valence-corrected chi connectivity index (χ3v) is 26.8. The van der Waals surface area contributed by atoms with Gasteiger partial charge in [0.2, 0.25) is 59.3 Å². The molecule has 26 nitrogen and oxygen atoms in total. The number of aromatic nitrogens is 15. The highest BCUT2D eigenvalue weighted by molar-refractivity contribution is 6.29. The Labute approximate surface area is 715 Å². The number of allylic oxidation sites excluding steroid dienone is 1. The van der Waals surface area contributed by atoms with Crippen molar-refractivity contribution in [1.82, 2.24) is 72.7 Å². The molecular formula is C93H114ClF2N21O5. The third-order valence-electron chi connectivity index (χ3n) is 26.6. The number of imidazole rings is 5. The maximum atomic E-state index is 13.7. The van der Waals surface area contributed by atoms with Crippen LogP contribution in [0, 0.1) is 63.7 Å². The number of halogens is 3. The van der Waals surface area contributed by atoms with Gasteiger partial charge in [0.1, 0.15) is 38.2 Å². The number of rotatable bonds is 21. The monoisotopic (exact) mass is 1680 g/mol. The van der Waals surface area contributed by atoms with Crippen LogP contribution in [0.3, 0.4) is 0 Å². The largest absolute Gasteiger partial charge is 0.296 e. The molecule has 29 heteroatoms. The van der Waals surface area contributed by atoms with Gasteiger partial charge in [-0.15, -0.1) is 0 Å². The summed E-state index contributed by atoms with van der Waals surface area (Å²) in [5.41, 5.74) is 14.8. The van der Waals surface area contributed by atoms with Crippen molar-refractivity contribution in [3.05, 3.63) is 136 Å². The second-order valence-electron chi connectivity index (χ2n) is 36.5. The van der Waals surface area contributed by atoms with E-state index < -0.39 is 17.2 Å². The number of nitrogens with one attached hydrogen (secondary N) is 5. The van der Waals surface area contributed by atoms with E-state index in [-0.39, 0.29) is 42.0 Å². The van der Waals surface area contributed by atoms with Crippen LogP contribution in [0.5, 0.6) is 0 Å². The Balaban J connectivity index is 0.000000113. The number of benzene rings is 1. The summed E-state index contributed by atoms with van der Waals surface area (Å²) in [6.45, 7) is 16.0. The first kappa shape index (κ1) is 84.8. The van der Waals surface area contributed by atoms with Gasteiger partial charge in [-0.2, -0.15) is 0 Å². The molecule has 1 aromatic carbocycles. The number of aliphatic imine (C=N–C) groups is 1. The number of fused-ring (bicyclic) bond motifs is 7. The summed E-state index contributed by atoms with van der Waals surface area (Å²) in [7, 11) is 0. The fourth-order valence-corrected chi connectivity index (χ4v) is 18.2. The molecule has 8 aliphatic carbocycles. The highest BCUT2D eigenvalue weighted by Crippen LogP contribution is 2.50. The van der Waals surface area contributed by atoms with Gasteiger partial charge in [-0.05, 0) is 271 Å². The standard InChI is InChI=1S/C20H26N4O.C20H22N4O.C19H26N4O.C18H21N5O.C16H19ClF2N4O/c1-12-7-17-19(21-11-12)24(16-3-2-4-16)20(22-17)23-18(25)10-15-9-13-5-6-14(15)8-13;1-13-6-8-15(9-7-13)11-18(25)23-20-22-17-10-14(2)12-21-19(17)24(20)16-4-3-5-16;1-13-11-16-18(20-12-13)23(15-7-4-8-15)19(21-16)22-17(24)10-9-14-5-2-3-6-14;1-11-6-13(19-9-11)8-16(24)22-18-21-15-7-12(2)10-20-17(15)23(18)14-4-3-5-14;1-15(2,16(3,18)19)13(24)22-14-20-10-7-8-11(17)21-12(10)23(14)9-5-4-6-9/h7,11,13-16H,2-6,8-10H2,1H3,(H,22,23,25);6-10,12,16H,3-5,11H2,1-2H3,(H,22,23,25);11-12,14-15H,2-10H2,1H3,(H,21,22,24);6-7,10,14H,3-5,8-9H2,1-2H3,(H,21,22,24);7-9H,4-6H2,1-3H3,(H,20,22,24). The van der Waals surface area contributed by atoms with E-state index >= 15 is 0 Å². The van der Waals surface area contributed by atoms with Crippen molar-refractivity contribution in [3.8, 4) is 0 Å². The van der Waals surface area contributed by atoms with Gasteiger partial charge in [-0.25, -0.2) is 58.6 Å². The van der Waals surface area contributed by atoms with Gasteiger partial charge in [0.15, 0.2) is 28.2 Å². The summed E-state index contributed by atoms with van der Waals surface area (Å²) < 4.78 is 37.8. The number of carbonyl (C=O) groups is 5. The quantitative estimate of drug-likeness (QED) is 0.0418. The van der Waals surface area contributed by atoms with Crippen molar-refractivity contribution >= 4 is 132 Å². The molecule has 0 saturated heterocycles. The molecule has 8 saturated carbocycles. The Morgan fingerprint density at radius 1 is 0.434 bits per heavy atom. The van der Waals surface area contributed by atoms with E-state index in [4.69, 9.17) is 16.6 Å². The zero-order valence-electron chi connectivity index (χ0n) is 71.7. The van der Waals surface area contributed by atoms with E-state index in [1.54, 1.807) is 16.7 Å². The number of carbonyl (C=O) groups excluding carboxylic acids is 5. The van der Waals surface area contributed by atoms with Crippen LogP contribution >= 0.6 is 11.6 Å². The van der Waals surface area contributed by atoms with Crippen molar-refractivity contribution in [2.24, 2.45) is 34.1 Å². The van der Waals surface area contributed by atoms with Gasteiger partial charge >= 0.3 is 0 Å². The highest BCUT2D eigenvalue weighted by Gasteiger charge is 2.49. The normalized spacial score (nSPS) is 19.2. The third kappa shape index (κ3) is 19.0. The van der Waals surface area contributed by atoms with Crippen LogP contribution < -0.4 is 26.6 Å². The summed E-state index contributed by atoms with van der Waals surface area (Å²) in [5.74, 6) is 2.01. The first-order chi connectivity index (χ1) is 58.7. The lowest BCUT2D eigenvalue weighted by Gasteiger charge is -2.31. The lowest BCUT2D eigenvalue weighted by Crippen LogP contribution is -2.44. The fraction of sp³-hybridized carbons (Fsp3) is 0.527. The number of alkyl halides is 2. The molecule has 5 N–H and O–H groups in total. The number of aryl methyl sites for hydroxylation is 5. The van der Waals surface area contributed by atoms with Gasteiger partial charge in [0.25, 0.3) is 5.92 Å². The highest BCUT2D eigenvalue weighted by atomic mass is 35.5. The Morgan fingerprint density at radius 3 is 1.24 bits per heavy atom. The maximum absolute atomic E-state index is 13.7. The minimum atomic E-state index is -3.16. The molecule has 122 heavy (non-hydrogen) atoms. The van der Waals surface area contributed by atoms with E-state index in [0.717, 1.165) is 180 Å². The first-order valence-corrected chi connectivity index (χ1v) is 44.6. The summed E-state index contributed by atoms with van der Waals surface area (Å²) in [5, 5.41) is 15.1. The first-order valence-electron chi connectivity index (χ1n) is 44.3. The molecule has 3 unspecified atom stereocenters. The second-order valence-corrected chi connectivity index (χ2v) is 36.9. The Hall–Kier alpha value is -10.8. The average molecular weight is 1680 g/mol. The minimum absolute atomic E-state index is 0.0449. The molecular weight excluding hydrogens is 1560 g/mol. The molecule has 2 bridgehead atoms. The van der Waals surface area contributed by atoms with Crippen molar-refractivity contribution < 1.29 is 32.8 Å². The van der Waals surface area contributed by atoms with Crippen LogP contribution in [0.4, 0.5) is 38.5 Å². The number of hydrogen-bond donors (Lipinski definition) is 5. The molecule has 0 radical (unpaired) electrons. The van der Waals surface area contributed by atoms with E-state index in [1.807, 2.05) is 115 Å². The molecule has 0 spiro atoms. The Morgan fingerprint density at radius 2 is 0.844 bits per heavy atom. The molecule has 11 aromatic rings. The predicted octanol–water partition coefficient (Wildman–Crippen LogP) is 20.2. The van der Waals surface area contributed by atoms with Crippen LogP contribution in [-0.4, -0.2) is 120 Å². The lowest BCUT2D eigenvalue weighted by atomic mass is 9.85. The molecule has 20 rings (SSSR count). The van der Waals surface area contributed by atoms with Crippen LogP contribution in [-0.2, 0) is 30.4 Å². The van der Waals surface area contributed by atoms with Crippen LogP contribution in [0.25, 0.3) is 55.8 Å². The molecule has 8 fully saturated rings. The van der Waals surface area contributed by atoms with Gasteiger partial charge in [-0.3, -0.25) is 78.4 Å². The van der Waals surface area contributed by atoms with Crippen molar-refractivity contribution in [3.63, 3.8) is 0 Å². The van der Waals surface area contributed by atoms with E-state index in [0.29, 0.717) is 96.0 Å². The molecule has 1 aliphatic heterocycles. The Bertz CT molecular complexity index is 5790. The molecule has 11 heterocycles. The molecule has 642 valence electrons. The zero-order chi connectivity index (χ0) is 85.3. The summed E-state index contributed by atoms with van der Waals surface area (Å²) in [6.07, 6.45) is 39.8. The summed E-state index contributed by atoms with van der Waals surface area (Å²) in [4.78, 5) is 112. The topological polar surface area (TPSA) is 311 Å². The summed E-state index contributed by atoms with van der Waals surface area (Å²) in [6, 6.07) is 21.3. The number of pyridine rings is 5. The van der Waals surface area contributed by atoms with Crippen molar-refractivity contribution in [2.45, 2.75) is 278 Å². The number of amides is 5. The van der Waals surface area contributed by atoms with Gasteiger partial charge in [-0.1, -0.05) is 79.1 Å². The summed E-state index contributed by atoms with van der Waals surface area (Å²) >= 11 is 5.97. The number of nitrogens with zero attached hydrogens (tertiary/aromatic N) is 16. The van der Waals surface area contributed by atoms with E-state index in [2.05, 4.69) is 101 Å². The maximum Gasteiger partial charge on any atom is 0.259 e. The van der Waals surface area contributed by atoms with Gasteiger partial charge in [0.05, 0.1) is 19.4 Å². The van der Waals surface area contributed by atoms with Crippen LogP contribution in [0.2, 0.25) is 5.15 Å². The van der Waals surface area contributed by atoms with E-state index in [1.165, 1.54) is 102 Å². The number of hydrogen-bond acceptors (Lipinski definition) is 16. The average Bonchev–Trinajstić information content (AvgIpc) is 1.62. The molecule has 10 aromatic heterocycles. The number of anilines is 5. The zero-order valence-corrected chi connectivity index (χ0v) is 72.4. The van der Waals surface area contributed by atoms with Crippen molar-refractivity contribution in [2.75, 3.05) is 33.1 Å². The second kappa shape index (κ2) is 36.3. The van der Waals surface area contributed by atoms with Crippen LogP contribution in [0.1, 0.15) is 265 Å². The molecule has 9 aliphatic rings. The Kier molecular flexibility index (Phi) is 25.3. The van der Waals surface area contributed by atoms with Crippen molar-refractivity contribution in [1.29, 1.82) is 0 Å². The lowest BCUT2D eigenvalue weighted by molar-refractivity contribution is -0.146. The SMILES string of the molecule is CC(F)(F)C(C)(C)C(=O)Nc1nc2ccc(Cl)nc2n1C1CCC1.CC1=CC(CC(=O)Nc2nc3cc(C)cnc3n2C2CCC2)=NC1.Cc1ccc(CC(=O)Nc2nc3cc(C)cnc3n2C2CCC2)cc1.Cc1cnc2c(c1)nc(NC(=O)CC1CC3CCC1C3)n2C1CCC1.Cc1cnc2c(c1)nc(NC(=O)CCC1CCCC1)n2C1CCC1. The fourth-order valence-electron chi connectivity index (χ4n) is 18.1. The van der Waals surface area contributed by atoms with E-state index in [9.17, 15) is 32.8 Å². The molecule has 5 amide bonds. The predicted molar refractivity (Wildman–Crippen MR) is 474 cm³/mol. The molecule has 3 atom stereocenters. The minimum Gasteiger partial charge on any atom is -0.296 e. The van der Waals surface area contributed by atoms with Gasteiger partial charge in [0, 0.05) is 80.5 Å².